The molecule has 0 bridgehead atoms. The molecule has 4 fully saturated rings. The van der Waals surface area contributed by atoms with Crippen LogP contribution in [-0.4, -0.2) is 45.3 Å². The first-order valence-corrected chi connectivity index (χ1v) is 14.9. The maximum absolute atomic E-state index is 11.4. The molecule has 0 amide bonds. The van der Waals surface area contributed by atoms with Crippen molar-refractivity contribution in [3.05, 3.63) is 0 Å². The number of fused-ring (bicyclic) bond motifs is 5. The second kappa shape index (κ2) is 9.86. The van der Waals surface area contributed by atoms with E-state index in [0.717, 1.165) is 61.7 Å². The zero-order valence-corrected chi connectivity index (χ0v) is 23.9. The van der Waals surface area contributed by atoms with E-state index < -0.39 is 17.3 Å². The SMILES string of the molecule is C[C@H](CCCC(C)(C)O)[C@H]1CCC2[C@@H]3CC[C@H]4[C@H](O)[C@@H](OCC(C)(C)O)CC[C@]4(C)[C@H]3CC[C@@]21C. The third kappa shape index (κ3) is 5.52. The van der Waals surface area contributed by atoms with Gasteiger partial charge in [0.2, 0.25) is 0 Å². The van der Waals surface area contributed by atoms with E-state index in [1.54, 1.807) is 13.8 Å². The number of rotatable bonds is 8. The zero-order valence-electron chi connectivity index (χ0n) is 23.9. The molecule has 10 atom stereocenters. The number of aliphatic hydroxyl groups excluding tert-OH is 1. The zero-order chi connectivity index (χ0) is 25.8. The Morgan fingerprint density at radius 3 is 2.11 bits per heavy atom. The smallest absolute Gasteiger partial charge is 0.0838 e. The summed E-state index contributed by atoms with van der Waals surface area (Å²) in [5.74, 6) is 4.25. The molecule has 3 N–H and O–H groups in total. The van der Waals surface area contributed by atoms with Gasteiger partial charge in [-0.05, 0) is 132 Å². The average molecular weight is 493 g/mol. The van der Waals surface area contributed by atoms with E-state index >= 15 is 0 Å². The van der Waals surface area contributed by atoms with Gasteiger partial charge >= 0.3 is 0 Å². The Balaban J connectivity index is 1.42. The molecule has 0 heterocycles. The molecule has 4 nitrogen and oxygen atoms in total. The van der Waals surface area contributed by atoms with Crippen LogP contribution in [0, 0.1) is 46.3 Å². The Hall–Kier alpha value is -0.160. The third-order valence-corrected chi connectivity index (χ3v) is 11.6. The summed E-state index contributed by atoms with van der Waals surface area (Å²) in [6.07, 6.45) is 12.6. The second-order valence-electron chi connectivity index (χ2n) is 15.2. The number of hydrogen-bond donors (Lipinski definition) is 3. The van der Waals surface area contributed by atoms with Gasteiger partial charge in [-0.2, -0.15) is 0 Å². The first-order valence-electron chi connectivity index (χ1n) is 14.9. The first kappa shape index (κ1) is 27.9. The van der Waals surface area contributed by atoms with Gasteiger partial charge in [0.05, 0.1) is 30.0 Å². The molecule has 4 aliphatic rings. The van der Waals surface area contributed by atoms with E-state index in [1.165, 1.54) is 38.5 Å². The van der Waals surface area contributed by atoms with Gasteiger partial charge in [-0.1, -0.05) is 33.6 Å². The van der Waals surface area contributed by atoms with Crippen molar-refractivity contribution in [3.63, 3.8) is 0 Å². The molecule has 4 heteroatoms. The quantitative estimate of drug-likeness (QED) is 0.369. The highest BCUT2D eigenvalue weighted by Gasteiger charge is 2.62. The van der Waals surface area contributed by atoms with Crippen LogP contribution < -0.4 is 0 Å². The number of hydrogen-bond acceptors (Lipinski definition) is 4. The standard InChI is InChI=1S/C31H56O4/c1-20(9-8-16-28(2,3)33)22-12-13-23-21-10-11-25-27(32)26(35-19-29(4,5)34)15-18-31(25,7)24(21)14-17-30(22,23)6/h20-27,32-34H,8-19H2,1-7H3/t20-,21+,22-,23?,24+,25+,26+,27+,30-,31-/m1/s1. The van der Waals surface area contributed by atoms with Crippen LogP contribution in [-0.2, 0) is 4.74 Å². The topological polar surface area (TPSA) is 69.9 Å². The van der Waals surface area contributed by atoms with Gasteiger partial charge in [-0.3, -0.25) is 0 Å². The van der Waals surface area contributed by atoms with Crippen LogP contribution in [0.1, 0.15) is 119 Å². The van der Waals surface area contributed by atoms with Gasteiger partial charge in [0.15, 0.2) is 0 Å². The van der Waals surface area contributed by atoms with E-state index in [-0.39, 0.29) is 11.5 Å². The van der Waals surface area contributed by atoms with Crippen LogP contribution in [0.15, 0.2) is 0 Å². The van der Waals surface area contributed by atoms with E-state index in [4.69, 9.17) is 4.74 Å². The fraction of sp³-hybridized carbons (Fsp3) is 1.00. The van der Waals surface area contributed by atoms with Crippen LogP contribution in [0.3, 0.4) is 0 Å². The van der Waals surface area contributed by atoms with Crippen molar-refractivity contribution in [1.82, 2.24) is 0 Å². The van der Waals surface area contributed by atoms with Crippen LogP contribution >= 0.6 is 0 Å². The van der Waals surface area contributed by atoms with Gasteiger partial charge in [-0.25, -0.2) is 0 Å². The molecular formula is C31H56O4. The molecule has 0 radical (unpaired) electrons. The van der Waals surface area contributed by atoms with Crippen molar-refractivity contribution in [1.29, 1.82) is 0 Å². The Bertz CT molecular complexity index is 722. The van der Waals surface area contributed by atoms with Crippen LogP contribution in [0.4, 0.5) is 0 Å². The molecule has 4 aliphatic carbocycles. The average Bonchev–Trinajstić information content (AvgIpc) is 3.09. The van der Waals surface area contributed by atoms with Gasteiger partial charge in [0.1, 0.15) is 0 Å². The molecule has 1 unspecified atom stereocenters. The Labute approximate surface area is 215 Å². The van der Waals surface area contributed by atoms with Crippen molar-refractivity contribution in [2.45, 2.75) is 143 Å². The van der Waals surface area contributed by atoms with E-state index in [0.29, 0.717) is 17.9 Å². The monoisotopic (exact) mass is 492 g/mol. The lowest BCUT2D eigenvalue weighted by Crippen LogP contribution is -2.59. The largest absolute Gasteiger partial charge is 0.390 e. The Morgan fingerprint density at radius 1 is 0.829 bits per heavy atom. The fourth-order valence-electron chi connectivity index (χ4n) is 9.83. The van der Waals surface area contributed by atoms with Crippen molar-refractivity contribution in [2.75, 3.05) is 6.61 Å². The molecule has 35 heavy (non-hydrogen) atoms. The summed E-state index contributed by atoms with van der Waals surface area (Å²) in [5.41, 5.74) is -0.716. The van der Waals surface area contributed by atoms with Crippen molar-refractivity contribution in [2.24, 2.45) is 46.3 Å². The minimum atomic E-state index is -0.851. The summed E-state index contributed by atoms with van der Waals surface area (Å²) in [6, 6.07) is 0. The van der Waals surface area contributed by atoms with Crippen LogP contribution in [0.25, 0.3) is 0 Å². The third-order valence-electron chi connectivity index (χ3n) is 11.6. The molecule has 0 aliphatic heterocycles. The van der Waals surface area contributed by atoms with Crippen LogP contribution in [0.5, 0.6) is 0 Å². The van der Waals surface area contributed by atoms with Crippen molar-refractivity contribution in [3.8, 4) is 0 Å². The highest BCUT2D eigenvalue weighted by Crippen LogP contribution is 2.68. The van der Waals surface area contributed by atoms with Crippen molar-refractivity contribution >= 4 is 0 Å². The molecule has 204 valence electrons. The maximum atomic E-state index is 11.4. The molecule has 0 aromatic heterocycles. The van der Waals surface area contributed by atoms with Crippen molar-refractivity contribution < 1.29 is 20.1 Å². The molecular weight excluding hydrogens is 436 g/mol. The normalized spacial score (nSPS) is 44.9. The molecule has 0 saturated heterocycles. The lowest BCUT2D eigenvalue weighted by atomic mass is 9.44. The minimum Gasteiger partial charge on any atom is -0.390 e. The Morgan fingerprint density at radius 2 is 1.46 bits per heavy atom. The lowest BCUT2D eigenvalue weighted by Gasteiger charge is -2.62. The maximum Gasteiger partial charge on any atom is 0.0838 e. The van der Waals surface area contributed by atoms with Gasteiger partial charge in [0.25, 0.3) is 0 Å². The predicted molar refractivity (Wildman–Crippen MR) is 142 cm³/mol. The molecule has 4 saturated carbocycles. The summed E-state index contributed by atoms with van der Waals surface area (Å²) in [7, 11) is 0. The minimum absolute atomic E-state index is 0.134. The highest BCUT2D eigenvalue weighted by molar-refractivity contribution is 5.11. The molecule has 0 aromatic carbocycles. The summed E-state index contributed by atoms with van der Waals surface area (Å²) in [5, 5.41) is 31.6. The highest BCUT2D eigenvalue weighted by atomic mass is 16.5. The number of ether oxygens (including phenoxy) is 1. The van der Waals surface area contributed by atoms with Gasteiger partial charge in [-0.15, -0.1) is 0 Å². The number of aliphatic hydroxyl groups is 3. The molecule has 0 spiro atoms. The van der Waals surface area contributed by atoms with Crippen LogP contribution in [0.2, 0.25) is 0 Å². The van der Waals surface area contributed by atoms with E-state index in [9.17, 15) is 15.3 Å². The first-order chi connectivity index (χ1) is 16.2. The summed E-state index contributed by atoms with van der Waals surface area (Å²) in [4.78, 5) is 0. The molecule has 4 rings (SSSR count). The summed E-state index contributed by atoms with van der Waals surface area (Å²) in [6.45, 7) is 15.3. The molecule has 0 aromatic rings. The van der Waals surface area contributed by atoms with E-state index in [2.05, 4.69) is 20.8 Å². The Kier molecular flexibility index (Phi) is 7.85. The fourth-order valence-corrected chi connectivity index (χ4v) is 9.83. The lowest BCUT2D eigenvalue weighted by molar-refractivity contribution is -0.193. The van der Waals surface area contributed by atoms with E-state index in [1.807, 2.05) is 13.8 Å². The van der Waals surface area contributed by atoms with Gasteiger partial charge < -0.3 is 20.1 Å². The predicted octanol–water partition coefficient (Wildman–Crippen LogP) is 6.35. The summed E-state index contributed by atoms with van der Waals surface area (Å²) >= 11 is 0. The summed E-state index contributed by atoms with van der Waals surface area (Å²) < 4.78 is 6.05. The van der Waals surface area contributed by atoms with Gasteiger partial charge in [0, 0.05) is 0 Å². The second-order valence-corrected chi connectivity index (χ2v) is 15.2.